The maximum Gasteiger partial charge on any atom is 0.335 e. The smallest absolute Gasteiger partial charge is 0.335 e. The lowest BCUT2D eigenvalue weighted by Crippen LogP contribution is -2.61. The molecular formula is C67H104O12. The van der Waals surface area contributed by atoms with Crippen molar-refractivity contribution in [2.45, 2.75) is 250 Å². The van der Waals surface area contributed by atoms with Crippen molar-refractivity contribution in [2.75, 3.05) is 13.2 Å². The monoisotopic (exact) mass is 1100 g/mol. The van der Waals surface area contributed by atoms with Gasteiger partial charge in [-0.1, -0.05) is 206 Å². The molecule has 0 aromatic rings. The molecule has 6 atom stereocenters. The molecule has 1 aliphatic rings. The molecule has 0 aliphatic carbocycles. The zero-order valence-corrected chi connectivity index (χ0v) is 48.8. The first-order valence-corrected chi connectivity index (χ1v) is 30.2. The lowest BCUT2D eigenvalue weighted by molar-refractivity contribution is -0.301. The number of aliphatic hydroxyl groups excluding tert-OH is 2. The van der Waals surface area contributed by atoms with Crippen LogP contribution in [0.2, 0.25) is 0 Å². The number of hydrogen-bond acceptors (Lipinski definition) is 11. The van der Waals surface area contributed by atoms with Crippen LogP contribution < -0.4 is 0 Å². The Morgan fingerprint density at radius 2 is 0.823 bits per heavy atom. The highest BCUT2D eigenvalue weighted by Crippen LogP contribution is 2.26. The number of ether oxygens (including phenoxy) is 5. The van der Waals surface area contributed by atoms with Gasteiger partial charge in [0.25, 0.3) is 0 Å². The number of esters is 3. The predicted molar refractivity (Wildman–Crippen MR) is 321 cm³/mol. The fraction of sp³-hybridized carbons (Fsp3) is 0.612. The first-order chi connectivity index (χ1) is 38.6. The summed E-state index contributed by atoms with van der Waals surface area (Å²) in [4.78, 5) is 51.1. The summed E-state index contributed by atoms with van der Waals surface area (Å²) >= 11 is 0. The van der Waals surface area contributed by atoms with Gasteiger partial charge in [-0.3, -0.25) is 14.4 Å². The molecule has 79 heavy (non-hydrogen) atoms. The van der Waals surface area contributed by atoms with Gasteiger partial charge in [-0.15, -0.1) is 0 Å². The number of aliphatic carboxylic acids is 1. The van der Waals surface area contributed by atoms with Gasteiger partial charge in [-0.2, -0.15) is 0 Å². The molecule has 3 N–H and O–H groups in total. The quantitative estimate of drug-likeness (QED) is 0.0228. The fourth-order valence-electron chi connectivity index (χ4n) is 8.14. The minimum Gasteiger partial charge on any atom is -0.479 e. The van der Waals surface area contributed by atoms with E-state index in [4.69, 9.17) is 23.7 Å². The lowest BCUT2D eigenvalue weighted by atomic mass is 9.98. The third-order valence-corrected chi connectivity index (χ3v) is 12.7. The second kappa shape index (κ2) is 53.5. The summed E-state index contributed by atoms with van der Waals surface area (Å²) in [5, 5.41) is 31.5. The summed E-state index contributed by atoms with van der Waals surface area (Å²) in [5.74, 6) is -3.30. The van der Waals surface area contributed by atoms with Crippen molar-refractivity contribution in [1.82, 2.24) is 0 Å². The van der Waals surface area contributed by atoms with Crippen molar-refractivity contribution in [3.63, 3.8) is 0 Å². The molecule has 1 heterocycles. The van der Waals surface area contributed by atoms with Gasteiger partial charge >= 0.3 is 23.9 Å². The summed E-state index contributed by atoms with van der Waals surface area (Å²) in [7, 11) is 0. The number of carbonyl (C=O) groups excluding carboxylic acids is 3. The molecule has 1 fully saturated rings. The summed E-state index contributed by atoms with van der Waals surface area (Å²) in [5.41, 5.74) is 0. The van der Waals surface area contributed by atoms with Crippen LogP contribution in [0.4, 0.5) is 0 Å². The van der Waals surface area contributed by atoms with Crippen molar-refractivity contribution in [2.24, 2.45) is 0 Å². The molecule has 0 radical (unpaired) electrons. The maximum absolute atomic E-state index is 13.1. The summed E-state index contributed by atoms with van der Waals surface area (Å²) in [6.07, 6.45) is 62.9. The topological polar surface area (TPSA) is 175 Å². The largest absolute Gasteiger partial charge is 0.479 e. The van der Waals surface area contributed by atoms with Gasteiger partial charge < -0.3 is 39.0 Å². The Kier molecular flexibility index (Phi) is 48.7. The van der Waals surface area contributed by atoms with Gasteiger partial charge in [0.2, 0.25) is 0 Å². The van der Waals surface area contributed by atoms with Gasteiger partial charge in [0.15, 0.2) is 24.6 Å². The lowest BCUT2D eigenvalue weighted by Gasteiger charge is -2.40. The van der Waals surface area contributed by atoms with Gasteiger partial charge in [0, 0.05) is 19.3 Å². The van der Waals surface area contributed by atoms with Crippen LogP contribution in [-0.4, -0.2) is 89.2 Å². The minimum absolute atomic E-state index is 0.0268. The Morgan fingerprint density at radius 3 is 1.27 bits per heavy atom. The van der Waals surface area contributed by atoms with E-state index in [1.807, 2.05) is 12.2 Å². The molecule has 1 aliphatic heterocycles. The first kappa shape index (κ1) is 71.9. The second-order valence-electron chi connectivity index (χ2n) is 19.9. The molecule has 1 saturated heterocycles. The summed E-state index contributed by atoms with van der Waals surface area (Å²) in [6.45, 7) is 5.63. The summed E-state index contributed by atoms with van der Waals surface area (Å²) < 4.78 is 28.3. The average Bonchev–Trinajstić information content (AvgIpc) is 3.47. The molecular weight excluding hydrogens is 997 g/mol. The number of aliphatic hydroxyl groups is 2. The highest BCUT2D eigenvalue weighted by Gasteiger charge is 2.50. The van der Waals surface area contributed by atoms with Crippen LogP contribution in [0.3, 0.4) is 0 Å². The Morgan fingerprint density at radius 1 is 0.430 bits per heavy atom. The van der Waals surface area contributed by atoms with Crippen LogP contribution in [0.15, 0.2) is 134 Å². The van der Waals surface area contributed by atoms with Crippen LogP contribution >= 0.6 is 0 Å². The molecule has 0 saturated carbocycles. The minimum atomic E-state index is -1.93. The highest BCUT2D eigenvalue weighted by molar-refractivity contribution is 5.74. The summed E-state index contributed by atoms with van der Waals surface area (Å²) in [6, 6.07) is 0. The molecule has 12 nitrogen and oxygen atoms in total. The van der Waals surface area contributed by atoms with E-state index in [1.165, 1.54) is 19.3 Å². The number of rotatable bonds is 49. The van der Waals surface area contributed by atoms with Gasteiger partial charge in [0.05, 0.1) is 6.61 Å². The normalized spacial score (nSPS) is 18.8. The van der Waals surface area contributed by atoms with E-state index in [9.17, 15) is 34.5 Å². The Bertz CT molecular complexity index is 1880. The van der Waals surface area contributed by atoms with E-state index < -0.39 is 67.3 Å². The fourth-order valence-corrected chi connectivity index (χ4v) is 8.14. The van der Waals surface area contributed by atoms with Crippen LogP contribution in [0.5, 0.6) is 0 Å². The number of carboxylic acid groups (broad SMARTS) is 1. The zero-order valence-electron chi connectivity index (χ0n) is 48.8. The van der Waals surface area contributed by atoms with E-state index in [1.54, 1.807) is 0 Å². The van der Waals surface area contributed by atoms with E-state index in [0.29, 0.717) is 25.7 Å². The first-order valence-electron chi connectivity index (χ1n) is 30.2. The molecule has 0 aromatic carbocycles. The molecule has 0 amide bonds. The SMILES string of the molecule is CC/C=C\C/C=C\C/C=C\C/C=C\CCCCCCC(=O)OCC(COC1OC(C(=O)O)C(O)C(O)C1OC(=O)CCCCCCCC/C=C\C/C=C\C/C=C\CCCCC)OC(=O)CC/C=C\C/C=C\C/C=C\C/C=C\CC. The van der Waals surface area contributed by atoms with Crippen molar-refractivity contribution in [3.05, 3.63) is 134 Å². The number of carbonyl (C=O) groups is 4. The van der Waals surface area contributed by atoms with Crippen LogP contribution in [0, 0.1) is 0 Å². The molecule has 0 aromatic heterocycles. The Labute approximate surface area is 477 Å². The second-order valence-corrected chi connectivity index (χ2v) is 19.9. The average molecular weight is 1100 g/mol. The van der Waals surface area contributed by atoms with E-state index >= 15 is 0 Å². The Hall–Kier alpha value is -5.14. The van der Waals surface area contributed by atoms with Crippen LogP contribution in [0.25, 0.3) is 0 Å². The molecule has 0 bridgehead atoms. The number of hydrogen-bond donors (Lipinski definition) is 3. The van der Waals surface area contributed by atoms with E-state index in [0.717, 1.165) is 128 Å². The number of carboxylic acids is 1. The molecule has 0 spiro atoms. The molecule has 6 unspecified atom stereocenters. The van der Waals surface area contributed by atoms with Crippen LogP contribution in [-0.2, 0) is 42.9 Å². The van der Waals surface area contributed by atoms with Gasteiger partial charge in [0.1, 0.15) is 18.8 Å². The van der Waals surface area contributed by atoms with Crippen LogP contribution in [0.1, 0.15) is 213 Å². The van der Waals surface area contributed by atoms with E-state index in [2.05, 4.69) is 142 Å². The predicted octanol–water partition coefficient (Wildman–Crippen LogP) is 15.8. The third-order valence-electron chi connectivity index (χ3n) is 12.7. The van der Waals surface area contributed by atoms with Crippen molar-refractivity contribution in [1.29, 1.82) is 0 Å². The highest BCUT2D eigenvalue weighted by atomic mass is 16.7. The van der Waals surface area contributed by atoms with Crippen molar-refractivity contribution < 1.29 is 58.2 Å². The van der Waals surface area contributed by atoms with E-state index in [-0.39, 0.29) is 25.9 Å². The Balaban J connectivity index is 2.73. The zero-order chi connectivity index (χ0) is 57.5. The molecule has 1 rings (SSSR count). The third kappa shape index (κ3) is 43.4. The molecule has 12 heteroatoms. The van der Waals surface area contributed by atoms with Crippen molar-refractivity contribution in [3.8, 4) is 0 Å². The van der Waals surface area contributed by atoms with Crippen molar-refractivity contribution >= 4 is 23.9 Å². The van der Waals surface area contributed by atoms with Gasteiger partial charge in [-0.25, -0.2) is 4.79 Å². The standard InChI is InChI=1S/C67H104O12/c1-4-7-10-13-16-19-22-25-27-29-30-32-34-37-40-43-46-49-52-55-61(70)78-65-63(72)62(71)64(66(73)74)79-67(65)76-57-58(77-60(69)54-51-48-45-42-39-35-24-21-18-15-12-9-6-3)56-75-59(68)53-50-47-44-41-38-36-33-31-28-26-23-20-17-14-11-8-5-2/h8-9,11-12,16-21,25-28,30,32-33,35-36,39,45,48,58,62-65,67,71-72H,4-7,10,13-15,22-24,29,31,34,37-38,40-44,46-47,49-57H2,1-3H3,(H,73,74)/b11-8-,12-9-,19-16-,20-17-,21-18-,27-25-,28-26-,32-30-,36-33-,39-35-,48-45-. The number of unbranched alkanes of at least 4 members (excludes halogenated alkanes) is 13. The number of allylic oxidation sites excluding steroid dienone is 22. The van der Waals surface area contributed by atoms with Gasteiger partial charge in [-0.05, 0) is 122 Å². The maximum atomic E-state index is 13.1. The molecule has 444 valence electrons.